The summed E-state index contributed by atoms with van der Waals surface area (Å²) in [7, 11) is 0. The SMILES string of the molecule is Nc1ccc(CCCSc2ncns2)cc1. The second-order valence-electron chi connectivity index (χ2n) is 3.40. The molecule has 0 aliphatic carbocycles. The molecule has 2 aromatic rings. The molecule has 0 saturated heterocycles. The number of nitrogens with two attached hydrogens (primary N) is 1. The number of thioether (sulfide) groups is 1. The monoisotopic (exact) mass is 251 g/mol. The molecule has 1 aromatic heterocycles. The maximum Gasteiger partial charge on any atom is 0.169 e. The summed E-state index contributed by atoms with van der Waals surface area (Å²) >= 11 is 3.23. The van der Waals surface area contributed by atoms with E-state index in [1.54, 1.807) is 18.1 Å². The van der Waals surface area contributed by atoms with E-state index in [0.717, 1.165) is 28.6 Å². The van der Waals surface area contributed by atoms with E-state index in [9.17, 15) is 0 Å². The van der Waals surface area contributed by atoms with Crippen molar-refractivity contribution < 1.29 is 0 Å². The number of hydrogen-bond donors (Lipinski definition) is 1. The summed E-state index contributed by atoms with van der Waals surface area (Å²) in [6.45, 7) is 0. The van der Waals surface area contributed by atoms with E-state index in [0.29, 0.717) is 0 Å². The highest BCUT2D eigenvalue weighted by Gasteiger charge is 1.98. The maximum absolute atomic E-state index is 5.63. The van der Waals surface area contributed by atoms with Crippen molar-refractivity contribution in [2.24, 2.45) is 0 Å². The molecule has 0 fully saturated rings. The summed E-state index contributed by atoms with van der Waals surface area (Å²) in [6.07, 6.45) is 3.84. The summed E-state index contributed by atoms with van der Waals surface area (Å²) < 4.78 is 5.02. The van der Waals surface area contributed by atoms with Crippen LogP contribution in [0.15, 0.2) is 34.9 Å². The van der Waals surface area contributed by atoms with E-state index < -0.39 is 0 Å². The summed E-state index contributed by atoms with van der Waals surface area (Å²) in [4.78, 5) is 4.13. The number of nitrogen functional groups attached to an aromatic ring is 1. The number of anilines is 1. The zero-order valence-electron chi connectivity index (χ0n) is 8.80. The second-order valence-corrected chi connectivity index (χ2v) is 5.52. The van der Waals surface area contributed by atoms with Gasteiger partial charge in [-0.2, -0.15) is 4.37 Å². The number of aromatic nitrogens is 2. The maximum atomic E-state index is 5.63. The van der Waals surface area contributed by atoms with Crippen molar-refractivity contribution >= 4 is 29.0 Å². The summed E-state index contributed by atoms with van der Waals surface area (Å²) in [5.41, 5.74) is 7.79. The van der Waals surface area contributed by atoms with Crippen LogP contribution in [-0.2, 0) is 6.42 Å². The minimum atomic E-state index is 0.826. The molecule has 0 aliphatic heterocycles. The van der Waals surface area contributed by atoms with Crippen LogP contribution in [0.5, 0.6) is 0 Å². The van der Waals surface area contributed by atoms with Gasteiger partial charge < -0.3 is 5.73 Å². The highest BCUT2D eigenvalue weighted by atomic mass is 32.2. The molecule has 16 heavy (non-hydrogen) atoms. The normalized spacial score (nSPS) is 10.5. The van der Waals surface area contributed by atoms with Crippen molar-refractivity contribution in [3.8, 4) is 0 Å². The molecule has 84 valence electrons. The third-order valence-electron chi connectivity index (χ3n) is 2.16. The Hall–Kier alpha value is -1.07. The van der Waals surface area contributed by atoms with E-state index >= 15 is 0 Å². The van der Waals surface area contributed by atoms with Gasteiger partial charge in [0.05, 0.1) is 0 Å². The van der Waals surface area contributed by atoms with Gasteiger partial charge >= 0.3 is 0 Å². The molecule has 1 aromatic carbocycles. The molecule has 3 nitrogen and oxygen atoms in total. The third-order valence-corrected chi connectivity index (χ3v) is 4.04. The zero-order chi connectivity index (χ0) is 11.2. The van der Waals surface area contributed by atoms with E-state index in [-0.39, 0.29) is 0 Å². The van der Waals surface area contributed by atoms with Gasteiger partial charge in [-0.15, -0.1) is 0 Å². The smallest absolute Gasteiger partial charge is 0.169 e. The molecule has 0 aliphatic rings. The van der Waals surface area contributed by atoms with E-state index in [4.69, 9.17) is 5.73 Å². The predicted octanol–water partition coefficient (Wildman–Crippen LogP) is 2.85. The second kappa shape index (κ2) is 5.86. The summed E-state index contributed by atoms with van der Waals surface area (Å²) in [5, 5.41) is 0. The minimum absolute atomic E-state index is 0.826. The van der Waals surface area contributed by atoms with Crippen molar-refractivity contribution in [1.29, 1.82) is 0 Å². The van der Waals surface area contributed by atoms with Crippen molar-refractivity contribution in [2.75, 3.05) is 11.5 Å². The standard InChI is InChI=1S/C11H13N3S2/c12-10-5-3-9(4-6-10)2-1-7-15-11-13-8-14-16-11/h3-6,8H,1-2,7,12H2. The van der Waals surface area contributed by atoms with Gasteiger partial charge in [0.25, 0.3) is 0 Å². The van der Waals surface area contributed by atoms with Crippen LogP contribution in [0.3, 0.4) is 0 Å². The summed E-state index contributed by atoms with van der Waals surface area (Å²) in [6, 6.07) is 8.08. The van der Waals surface area contributed by atoms with Gasteiger partial charge in [0.15, 0.2) is 4.34 Å². The Morgan fingerprint density at radius 3 is 2.75 bits per heavy atom. The first-order chi connectivity index (χ1) is 7.84. The Balaban J connectivity index is 1.70. The molecular formula is C11H13N3S2. The Morgan fingerprint density at radius 1 is 1.25 bits per heavy atom. The first-order valence-corrected chi connectivity index (χ1v) is 6.84. The first-order valence-electron chi connectivity index (χ1n) is 5.08. The molecular weight excluding hydrogens is 238 g/mol. The topological polar surface area (TPSA) is 51.8 Å². The van der Waals surface area contributed by atoms with E-state index in [1.807, 2.05) is 12.1 Å². The average Bonchev–Trinajstić information content (AvgIpc) is 2.80. The quantitative estimate of drug-likeness (QED) is 0.504. The van der Waals surface area contributed by atoms with Crippen LogP contribution in [0.25, 0.3) is 0 Å². The Kier molecular flexibility index (Phi) is 4.18. The third kappa shape index (κ3) is 3.50. The fourth-order valence-electron chi connectivity index (χ4n) is 1.35. The Morgan fingerprint density at radius 2 is 2.06 bits per heavy atom. The highest BCUT2D eigenvalue weighted by Crippen LogP contribution is 2.19. The molecule has 0 bridgehead atoms. The highest BCUT2D eigenvalue weighted by molar-refractivity contribution is 8.00. The average molecular weight is 251 g/mol. The van der Waals surface area contributed by atoms with E-state index in [2.05, 4.69) is 21.5 Å². The lowest BCUT2D eigenvalue weighted by molar-refractivity contribution is 0.932. The molecule has 2 rings (SSSR count). The van der Waals surface area contributed by atoms with Crippen LogP contribution in [-0.4, -0.2) is 15.1 Å². The number of nitrogens with zero attached hydrogens (tertiary/aromatic N) is 2. The number of rotatable bonds is 5. The van der Waals surface area contributed by atoms with Crippen LogP contribution in [0.2, 0.25) is 0 Å². The van der Waals surface area contributed by atoms with Gasteiger partial charge in [-0.3, -0.25) is 0 Å². The van der Waals surface area contributed by atoms with Crippen LogP contribution in [0.1, 0.15) is 12.0 Å². The largest absolute Gasteiger partial charge is 0.399 e. The van der Waals surface area contributed by atoms with Crippen LogP contribution in [0, 0.1) is 0 Å². The number of aryl methyl sites for hydroxylation is 1. The van der Waals surface area contributed by atoms with E-state index in [1.165, 1.54) is 17.1 Å². The molecule has 0 spiro atoms. The Bertz CT molecular complexity index is 411. The molecule has 0 unspecified atom stereocenters. The lowest BCUT2D eigenvalue weighted by Crippen LogP contribution is -1.89. The minimum Gasteiger partial charge on any atom is -0.399 e. The van der Waals surface area contributed by atoms with Gasteiger partial charge in [0.1, 0.15) is 6.33 Å². The van der Waals surface area contributed by atoms with Gasteiger partial charge in [-0.25, -0.2) is 4.98 Å². The van der Waals surface area contributed by atoms with Crippen LogP contribution < -0.4 is 5.73 Å². The van der Waals surface area contributed by atoms with Gasteiger partial charge in [0, 0.05) is 11.4 Å². The number of benzene rings is 1. The van der Waals surface area contributed by atoms with Crippen molar-refractivity contribution in [2.45, 2.75) is 17.2 Å². The van der Waals surface area contributed by atoms with Crippen LogP contribution in [0.4, 0.5) is 5.69 Å². The molecule has 5 heteroatoms. The lowest BCUT2D eigenvalue weighted by atomic mass is 10.1. The van der Waals surface area contributed by atoms with Crippen molar-refractivity contribution in [3.05, 3.63) is 36.2 Å². The molecule has 0 atom stereocenters. The lowest BCUT2D eigenvalue weighted by Gasteiger charge is -2.00. The van der Waals surface area contributed by atoms with Crippen molar-refractivity contribution in [1.82, 2.24) is 9.36 Å². The predicted molar refractivity (Wildman–Crippen MR) is 69.8 cm³/mol. The Labute approximate surface area is 103 Å². The fraction of sp³-hybridized carbons (Fsp3) is 0.273. The van der Waals surface area contributed by atoms with Gasteiger partial charge in [-0.1, -0.05) is 23.9 Å². The fourth-order valence-corrected chi connectivity index (χ4v) is 2.80. The van der Waals surface area contributed by atoms with Crippen molar-refractivity contribution in [3.63, 3.8) is 0 Å². The number of hydrogen-bond acceptors (Lipinski definition) is 5. The van der Waals surface area contributed by atoms with Gasteiger partial charge in [-0.05, 0) is 42.1 Å². The van der Waals surface area contributed by atoms with Crippen LogP contribution >= 0.6 is 23.3 Å². The zero-order valence-corrected chi connectivity index (χ0v) is 10.4. The summed E-state index contributed by atoms with van der Waals surface area (Å²) in [5.74, 6) is 1.08. The molecule has 2 N–H and O–H groups in total. The molecule has 0 radical (unpaired) electrons. The molecule has 1 heterocycles. The van der Waals surface area contributed by atoms with Gasteiger partial charge in [0.2, 0.25) is 0 Å². The molecule has 0 saturated carbocycles. The molecule has 0 amide bonds. The first kappa shape index (κ1) is 11.4.